The van der Waals surface area contributed by atoms with Gasteiger partial charge in [0.15, 0.2) is 6.61 Å². The second kappa shape index (κ2) is 8.85. The van der Waals surface area contributed by atoms with Gasteiger partial charge in [-0.05, 0) is 18.1 Å². The lowest BCUT2D eigenvalue weighted by Crippen LogP contribution is -2.40. The zero-order valence-corrected chi connectivity index (χ0v) is 13.1. The van der Waals surface area contributed by atoms with Crippen LogP contribution in [0.2, 0.25) is 0 Å². The number of benzene rings is 1. The number of halogens is 4. The first-order valence-electron chi connectivity index (χ1n) is 6.59. The molecule has 1 amide bonds. The SMILES string of the molecule is CCC(C)C(N)C(=O)Nc1cccc(OCC(F)(F)F)c1.Cl. The molecule has 2 unspecified atom stereocenters. The number of anilines is 1. The van der Waals surface area contributed by atoms with Gasteiger partial charge < -0.3 is 15.8 Å². The Kier molecular flexibility index (Phi) is 8.26. The van der Waals surface area contributed by atoms with E-state index in [4.69, 9.17) is 5.73 Å². The first-order chi connectivity index (χ1) is 9.73. The number of nitrogens with one attached hydrogen (secondary N) is 1. The number of hydrogen-bond acceptors (Lipinski definition) is 3. The number of carbonyl (C=O) groups excluding carboxylic acids is 1. The van der Waals surface area contributed by atoms with E-state index in [0.717, 1.165) is 6.42 Å². The van der Waals surface area contributed by atoms with Crippen LogP contribution in [0.5, 0.6) is 5.75 Å². The van der Waals surface area contributed by atoms with Crippen LogP contribution in [0.4, 0.5) is 18.9 Å². The molecule has 0 fully saturated rings. The minimum Gasteiger partial charge on any atom is -0.484 e. The third kappa shape index (κ3) is 7.00. The lowest BCUT2D eigenvalue weighted by molar-refractivity contribution is -0.153. The quantitative estimate of drug-likeness (QED) is 0.834. The molecule has 0 spiro atoms. The van der Waals surface area contributed by atoms with Crippen molar-refractivity contribution < 1.29 is 22.7 Å². The van der Waals surface area contributed by atoms with Crippen molar-refractivity contribution in [3.8, 4) is 5.75 Å². The van der Waals surface area contributed by atoms with Crippen molar-refractivity contribution in [2.75, 3.05) is 11.9 Å². The Balaban J connectivity index is 0.00000441. The van der Waals surface area contributed by atoms with E-state index in [1.54, 1.807) is 6.07 Å². The summed E-state index contributed by atoms with van der Waals surface area (Å²) in [4.78, 5) is 11.9. The summed E-state index contributed by atoms with van der Waals surface area (Å²) in [5.41, 5.74) is 6.13. The summed E-state index contributed by atoms with van der Waals surface area (Å²) < 4.78 is 40.8. The van der Waals surface area contributed by atoms with Gasteiger partial charge in [0.25, 0.3) is 0 Å². The highest BCUT2D eigenvalue weighted by Crippen LogP contribution is 2.21. The predicted molar refractivity (Wildman–Crippen MR) is 81.3 cm³/mol. The highest BCUT2D eigenvalue weighted by molar-refractivity contribution is 5.95. The summed E-state index contributed by atoms with van der Waals surface area (Å²) in [6.45, 7) is 2.40. The maximum atomic E-state index is 12.1. The van der Waals surface area contributed by atoms with E-state index >= 15 is 0 Å². The molecule has 3 N–H and O–H groups in total. The second-order valence-electron chi connectivity index (χ2n) is 4.83. The van der Waals surface area contributed by atoms with Gasteiger partial charge in [-0.2, -0.15) is 13.2 Å². The molecule has 126 valence electrons. The zero-order chi connectivity index (χ0) is 16.0. The topological polar surface area (TPSA) is 64.4 Å². The first-order valence-corrected chi connectivity index (χ1v) is 6.59. The Morgan fingerprint density at radius 2 is 2.05 bits per heavy atom. The Hall–Kier alpha value is -1.47. The number of ether oxygens (including phenoxy) is 1. The number of nitrogens with two attached hydrogens (primary N) is 1. The second-order valence-corrected chi connectivity index (χ2v) is 4.83. The van der Waals surface area contributed by atoms with Gasteiger partial charge in [-0.25, -0.2) is 0 Å². The van der Waals surface area contributed by atoms with Gasteiger partial charge in [0.2, 0.25) is 5.91 Å². The fraction of sp³-hybridized carbons (Fsp3) is 0.500. The molecule has 0 bridgehead atoms. The summed E-state index contributed by atoms with van der Waals surface area (Å²) in [5, 5.41) is 2.57. The molecule has 0 aliphatic carbocycles. The Morgan fingerprint density at radius 3 is 2.59 bits per heavy atom. The van der Waals surface area contributed by atoms with E-state index in [9.17, 15) is 18.0 Å². The molecular weight excluding hydrogens is 321 g/mol. The van der Waals surface area contributed by atoms with E-state index in [1.165, 1.54) is 18.2 Å². The van der Waals surface area contributed by atoms with E-state index in [2.05, 4.69) is 10.1 Å². The average Bonchev–Trinajstić information content (AvgIpc) is 2.43. The van der Waals surface area contributed by atoms with Crippen molar-refractivity contribution >= 4 is 24.0 Å². The van der Waals surface area contributed by atoms with Gasteiger partial charge in [-0.1, -0.05) is 26.3 Å². The molecular formula is C14H20ClF3N2O2. The van der Waals surface area contributed by atoms with E-state index < -0.39 is 18.8 Å². The summed E-state index contributed by atoms with van der Waals surface area (Å²) >= 11 is 0. The molecule has 4 nitrogen and oxygen atoms in total. The van der Waals surface area contributed by atoms with E-state index in [1.807, 2.05) is 13.8 Å². The minimum absolute atomic E-state index is 0. The van der Waals surface area contributed by atoms with Crippen LogP contribution in [0.3, 0.4) is 0 Å². The van der Waals surface area contributed by atoms with Crippen LogP contribution >= 0.6 is 12.4 Å². The van der Waals surface area contributed by atoms with Crippen molar-refractivity contribution in [3.63, 3.8) is 0 Å². The molecule has 0 aliphatic heterocycles. The standard InChI is InChI=1S/C14H19F3N2O2.ClH/c1-3-9(2)12(18)13(20)19-10-5-4-6-11(7-10)21-8-14(15,16)17;/h4-7,9,12H,3,8,18H2,1-2H3,(H,19,20);1H. The van der Waals surface area contributed by atoms with Crippen molar-refractivity contribution in [3.05, 3.63) is 24.3 Å². The lowest BCUT2D eigenvalue weighted by atomic mass is 9.99. The minimum atomic E-state index is -4.40. The Labute approximate surface area is 133 Å². The normalized spacial score (nSPS) is 13.7. The highest BCUT2D eigenvalue weighted by atomic mass is 35.5. The van der Waals surface area contributed by atoms with Crippen LogP contribution in [-0.4, -0.2) is 24.7 Å². The first kappa shape index (κ1) is 20.5. The third-order valence-corrected chi connectivity index (χ3v) is 3.06. The van der Waals surface area contributed by atoms with Crippen LogP contribution in [0.1, 0.15) is 20.3 Å². The fourth-order valence-electron chi connectivity index (χ4n) is 1.57. The van der Waals surface area contributed by atoms with Gasteiger partial charge in [0.05, 0.1) is 6.04 Å². The van der Waals surface area contributed by atoms with Gasteiger partial charge in [0.1, 0.15) is 5.75 Å². The summed E-state index contributed by atoms with van der Waals surface area (Å²) in [6, 6.07) is 5.09. The monoisotopic (exact) mass is 340 g/mol. The number of alkyl halides is 3. The zero-order valence-electron chi connectivity index (χ0n) is 12.3. The fourth-order valence-corrected chi connectivity index (χ4v) is 1.57. The molecule has 0 aliphatic rings. The Morgan fingerprint density at radius 1 is 1.41 bits per heavy atom. The third-order valence-electron chi connectivity index (χ3n) is 3.06. The molecule has 1 rings (SSSR count). The highest BCUT2D eigenvalue weighted by Gasteiger charge is 2.28. The van der Waals surface area contributed by atoms with Crippen molar-refractivity contribution in [1.29, 1.82) is 0 Å². The van der Waals surface area contributed by atoms with Crippen LogP contribution in [-0.2, 0) is 4.79 Å². The van der Waals surface area contributed by atoms with Crippen LogP contribution in [0, 0.1) is 5.92 Å². The molecule has 0 aromatic heterocycles. The van der Waals surface area contributed by atoms with Gasteiger partial charge in [0, 0.05) is 11.8 Å². The molecule has 0 saturated heterocycles. The number of hydrogen-bond donors (Lipinski definition) is 2. The lowest BCUT2D eigenvalue weighted by Gasteiger charge is -2.18. The molecule has 1 aromatic rings. The molecule has 0 saturated carbocycles. The maximum absolute atomic E-state index is 12.1. The van der Waals surface area contributed by atoms with Gasteiger partial charge in [-0.15, -0.1) is 12.4 Å². The summed E-state index contributed by atoms with van der Waals surface area (Å²) in [5.74, 6) is -0.339. The maximum Gasteiger partial charge on any atom is 0.422 e. The predicted octanol–water partition coefficient (Wildman–Crippen LogP) is 3.36. The van der Waals surface area contributed by atoms with Crippen molar-refractivity contribution in [2.24, 2.45) is 11.7 Å². The van der Waals surface area contributed by atoms with Crippen LogP contribution in [0.15, 0.2) is 24.3 Å². The number of carbonyl (C=O) groups is 1. The molecule has 22 heavy (non-hydrogen) atoms. The summed E-state index contributed by atoms with van der Waals surface area (Å²) in [7, 11) is 0. The van der Waals surface area contributed by atoms with Crippen LogP contribution in [0.25, 0.3) is 0 Å². The Bertz CT molecular complexity index is 483. The van der Waals surface area contributed by atoms with Crippen LogP contribution < -0.4 is 15.8 Å². The van der Waals surface area contributed by atoms with E-state index in [0.29, 0.717) is 5.69 Å². The van der Waals surface area contributed by atoms with Gasteiger partial charge >= 0.3 is 6.18 Å². The molecule has 0 radical (unpaired) electrons. The van der Waals surface area contributed by atoms with Gasteiger partial charge in [-0.3, -0.25) is 4.79 Å². The molecule has 1 aromatic carbocycles. The largest absolute Gasteiger partial charge is 0.484 e. The number of rotatable bonds is 6. The molecule has 2 atom stereocenters. The summed E-state index contributed by atoms with van der Waals surface area (Å²) in [6.07, 6.45) is -3.65. The van der Waals surface area contributed by atoms with E-state index in [-0.39, 0.29) is 30.0 Å². The number of amides is 1. The van der Waals surface area contributed by atoms with Crippen molar-refractivity contribution in [1.82, 2.24) is 0 Å². The smallest absolute Gasteiger partial charge is 0.422 e. The van der Waals surface area contributed by atoms with Crippen molar-refractivity contribution in [2.45, 2.75) is 32.5 Å². The molecule has 0 heterocycles. The molecule has 8 heteroatoms. The average molecular weight is 341 g/mol.